The van der Waals surface area contributed by atoms with Crippen LogP contribution in [0.5, 0.6) is 11.5 Å². The van der Waals surface area contributed by atoms with Crippen molar-refractivity contribution in [3.05, 3.63) is 47.5 Å². The summed E-state index contributed by atoms with van der Waals surface area (Å²) in [5.74, 6) is 1.36. The molecule has 3 aromatic rings. The van der Waals surface area contributed by atoms with Gasteiger partial charge in [0, 0.05) is 6.07 Å². The van der Waals surface area contributed by atoms with E-state index >= 15 is 0 Å². The van der Waals surface area contributed by atoms with E-state index in [1.807, 2.05) is 30.3 Å². The van der Waals surface area contributed by atoms with Gasteiger partial charge in [-0.25, -0.2) is 4.98 Å². The predicted molar refractivity (Wildman–Crippen MR) is 88.0 cm³/mol. The predicted octanol–water partition coefficient (Wildman–Crippen LogP) is 3.36. The summed E-state index contributed by atoms with van der Waals surface area (Å²) in [4.78, 5) is 4.43. The molecule has 1 aliphatic heterocycles. The van der Waals surface area contributed by atoms with Crippen molar-refractivity contribution in [3.8, 4) is 17.6 Å². The molecule has 0 saturated carbocycles. The molecule has 4 rings (SSSR count). The van der Waals surface area contributed by atoms with Crippen LogP contribution in [0, 0.1) is 11.3 Å². The molecule has 1 aromatic heterocycles. The van der Waals surface area contributed by atoms with Crippen molar-refractivity contribution in [1.82, 2.24) is 4.98 Å². The second-order valence-corrected chi connectivity index (χ2v) is 5.77. The molecule has 0 spiro atoms. The first-order valence-electron chi connectivity index (χ1n) is 6.83. The minimum Gasteiger partial charge on any atom is -0.454 e. The van der Waals surface area contributed by atoms with Crippen molar-refractivity contribution < 1.29 is 9.47 Å². The first kappa shape index (κ1) is 13.5. The van der Waals surface area contributed by atoms with E-state index in [4.69, 9.17) is 9.47 Å². The van der Waals surface area contributed by atoms with Gasteiger partial charge in [0.05, 0.1) is 15.9 Å². The van der Waals surface area contributed by atoms with E-state index in [0.717, 1.165) is 10.2 Å². The van der Waals surface area contributed by atoms with Crippen molar-refractivity contribution >= 4 is 33.0 Å². The molecule has 7 heteroatoms. The van der Waals surface area contributed by atoms with Gasteiger partial charge >= 0.3 is 0 Å². The summed E-state index contributed by atoms with van der Waals surface area (Å²) >= 11 is 1.44. The fourth-order valence-corrected chi connectivity index (χ4v) is 3.09. The highest BCUT2D eigenvalue weighted by Gasteiger charge is 2.14. The number of benzene rings is 2. The summed E-state index contributed by atoms with van der Waals surface area (Å²) in [5.41, 5.74) is 4.68. The number of nitrogens with zero attached hydrogens (tertiary/aromatic N) is 3. The van der Waals surface area contributed by atoms with Gasteiger partial charge in [0.15, 0.2) is 22.2 Å². The van der Waals surface area contributed by atoms with Crippen LogP contribution in [0.2, 0.25) is 0 Å². The van der Waals surface area contributed by atoms with E-state index in [2.05, 4.69) is 21.6 Å². The van der Waals surface area contributed by atoms with Crippen LogP contribution in [0.25, 0.3) is 10.2 Å². The number of ether oxygens (including phenoxy) is 2. The highest BCUT2D eigenvalue weighted by Crippen LogP contribution is 2.34. The lowest BCUT2D eigenvalue weighted by Crippen LogP contribution is -2.01. The minimum atomic E-state index is 0.219. The summed E-state index contributed by atoms with van der Waals surface area (Å²) in [7, 11) is 0. The summed E-state index contributed by atoms with van der Waals surface area (Å²) in [6.07, 6.45) is 0. The number of rotatable bonds is 3. The SMILES string of the molecule is N#C/C(=N\Nc1ccc2c(c1)OCO2)c1nc2ccccc2s1. The number of aromatic nitrogens is 1. The Balaban J connectivity index is 1.62. The van der Waals surface area contributed by atoms with Gasteiger partial charge in [0.2, 0.25) is 6.79 Å². The number of anilines is 1. The minimum absolute atomic E-state index is 0.219. The number of fused-ring (bicyclic) bond motifs is 2. The third-order valence-corrected chi connectivity index (χ3v) is 4.31. The van der Waals surface area contributed by atoms with E-state index in [-0.39, 0.29) is 12.5 Å². The maximum absolute atomic E-state index is 9.34. The third kappa shape index (κ3) is 2.56. The van der Waals surface area contributed by atoms with Gasteiger partial charge < -0.3 is 9.47 Å². The highest BCUT2D eigenvalue weighted by atomic mass is 32.1. The average Bonchev–Trinajstić information content (AvgIpc) is 3.21. The Morgan fingerprint density at radius 2 is 2.09 bits per heavy atom. The molecule has 0 aliphatic carbocycles. The average molecular weight is 322 g/mol. The van der Waals surface area contributed by atoms with Gasteiger partial charge in [-0.1, -0.05) is 12.1 Å². The summed E-state index contributed by atoms with van der Waals surface area (Å²) in [6, 6.07) is 15.2. The number of hydrogen-bond acceptors (Lipinski definition) is 7. The number of para-hydroxylation sites is 1. The molecular formula is C16H10N4O2S. The third-order valence-electron chi connectivity index (χ3n) is 3.27. The normalized spacial score (nSPS) is 13.1. The Hall–Kier alpha value is -3.11. The van der Waals surface area contributed by atoms with Crippen LogP contribution in [-0.2, 0) is 0 Å². The number of nitriles is 1. The Kier molecular flexibility index (Phi) is 3.29. The number of thiazole rings is 1. The van der Waals surface area contributed by atoms with Crippen LogP contribution in [0.15, 0.2) is 47.6 Å². The van der Waals surface area contributed by atoms with Gasteiger partial charge in [-0.2, -0.15) is 10.4 Å². The fourth-order valence-electron chi connectivity index (χ4n) is 2.18. The molecule has 0 saturated heterocycles. The van der Waals surface area contributed by atoms with Crippen LogP contribution in [0.3, 0.4) is 0 Å². The zero-order chi connectivity index (χ0) is 15.6. The van der Waals surface area contributed by atoms with Crippen LogP contribution in [0.4, 0.5) is 5.69 Å². The molecule has 2 heterocycles. The lowest BCUT2D eigenvalue weighted by atomic mass is 10.3. The van der Waals surface area contributed by atoms with Gasteiger partial charge in [-0.05, 0) is 24.3 Å². The molecule has 0 fully saturated rings. The molecule has 2 aromatic carbocycles. The van der Waals surface area contributed by atoms with Crippen molar-refractivity contribution in [1.29, 1.82) is 5.26 Å². The number of hydrazone groups is 1. The molecule has 0 unspecified atom stereocenters. The lowest BCUT2D eigenvalue weighted by Gasteiger charge is -2.02. The van der Waals surface area contributed by atoms with E-state index < -0.39 is 0 Å². The topological polar surface area (TPSA) is 79.5 Å². The lowest BCUT2D eigenvalue weighted by molar-refractivity contribution is 0.174. The van der Waals surface area contributed by atoms with Gasteiger partial charge in [0.25, 0.3) is 0 Å². The Morgan fingerprint density at radius 1 is 1.22 bits per heavy atom. The Labute approximate surface area is 135 Å². The summed E-state index contributed by atoms with van der Waals surface area (Å²) in [5, 5.41) is 14.1. The summed E-state index contributed by atoms with van der Waals surface area (Å²) < 4.78 is 11.6. The van der Waals surface area contributed by atoms with Crippen molar-refractivity contribution in [2.75, 3.05) is 12.2 Å². The van der Waals surface area contributed by atoms with Gasteiger partial charge in [-0.15, -0.1) is 11.3 Å². The van der Waals surface area contributed by atoms with E-state index in [1.54, 1.807) is 12.1 Å². The molecule has 23 heavy (non-hydrogen) atoms. The number of nitrogens with one attached hydrogen (secondary N) is 1. The number of hydrogen-bond donors (Lipinski definition) is 1. The van der Waals surface area contributed by atoms with Crippen molar-refractivity contribution in [3.63, 3.8) is 0 Å². The van der Waals surface area contributed by atoms with Gasteiger partial charge in [-0.3, -0.25) is 5.43 Å². The Bertz CT molecular complexity index is 925. The fraction of sp³-hybridized carbons (Fsp3) is 0.0625. The highest BCUT2D eigenvalue weighted by molar-refractivity contribution is 7.20. The quantitative estimate of drug-likeness (QED) is 0.591. The van der Waals surface area contributed by atoms with Crippen LogP contribution >= 0.6 is 11.3 Å². The van der Waals surface area contributed by atoms with E-state index in [9.17, 15) is 5.26 Å². The van der Waals surface area contributed by atoms with E-state index in [1.165, 1.54) is 11.3 Å². The van der Waals surface area contributed by atoms with Crippen LogP contribution in [0.1, 0.15) is 5.01 Å². The zero-order valence-electron chi connectivity index (χ0n) is 11.8. The van der Waals surface area contributed by atoms with E-state index in [0.29, 0.717) is 22.2 Å². The maximum Gasteiger partial charge on any atom is 0.231 e. The second-order valence-electron chi connectivity index (χ2n) is 4.74. The largest absolute Gasteiger partial charge is 0.454 e. The van der Waals surface area contributed by atoms with Crippen LogP contribution in [-0.4, -0.2) is 17.5 Å². The molecule has 0 amide bonds. The summed E-state index contributed by atoms with van der Waals surface area (Å²) in [6.45, 7) is 0.219. The Morgan fingerprint density at radius 3 is 2.96 bits per heavy atom. The first-order valence-corrected chi connectivity index (χ1v) is 7.64. The smallest absolute Gasteiger partial charge is 0.231 e. The second kappa shape index (κ2) is 5.59. The maximum atomic E-state index is 9.34. The molecule has 0 bridgehead atoms. The molecular weight excluding hydrogens is 312 g/mol. The standard InChI is InChI=1S/C16H10N4O2S/c17-8-12(16-18-11-3-1-2-4-15(11)23-16)20-19-10-5-6-13-14(7-10)22-9-21-13/h1-7,19H,9H2/b20-12+. The molecule has 0 atom stereocenters. The van der Waals surface area contributed by atoms with Gasteiger partial charge in [0.1, 0.15) is 6.07 Å². The molecule has 1 aliphatic rings. The molecule has 0 radical (unpaired) electrons. The monoisotopic (exact) mass is 322 g/mol. The molecule has 6 nitrogen and oxygen atoms in total. The molecule has 112 valence electrons. The van der Waals surface area contributed by atoms with Crippen molar-refractivity contribution in [2.24, 2.45) is 5.10 Å². The van der Waals surface area contributed by atoms with Crippen molar-refractivity contribution in [2.45, 2.75) is 0 Å². The first-order chi connectivity index (χ1) is 11.3. The van der Waals surface area contributed by atoms with Crippen LogP contribution < -0.4 is 14.9 Å². The molecule has 1 N–H and O–H groups in total. The zero-order valence-corrected chi connectivity index (χ0v) is 12.6.